The van der Waals surface area contributed by atoms with Crippen molar-refractivity contribution in [3.8, 4) is 17.3 Å². The molecule has 1 aliphatic heterocycles. The van der Waals surface area contributed by atoms with E-state index in [1.165, 1.54) is 19.0 Å². The number of carbonyl (C=O) groups is 1. The Morgan fingerprint density at radius 1 is 1.14 bits per heavy atom. The number of amides is 1. The molecular weight excluding hydrogens is 547 g/mol. The summed E-state index contributed by atoms with van der Waals surface area (Å²) < 4.78 is 24.4. The van der Waals surface area contributed by atoms with Crippen molar-refractivity contribution in [1.82, 2.24) is 29.0 Å². The number of likely N-dealkylation sites (tertiary alicyclic amines) is 1. The molecule has 5 heterocycles. The normalized spacial score (nSPS) is 21.3. The number of hydrogen-bond donors (Lipinski definition) is 2. The molecular formula is C32H33FN8O2. The molecule has 1 amide bonds. The van der Waals surface area contributed by atoms with Crippen LogP contribution in [-0.4, -0.2) is 60.6 Å². The number of anilines is 2. The van der Waals surface area contributed by atoms with Gasteiger partial charge < -0.3 is 29.8 Å². The zero-order valence-electron chi connectivity index (χ0n) is 24.1. The van der Waals surface area contributed by atoms with Crippen LogP contribution in [0.3, 0.4) is 0 Å². The molecule has 3 N–H and O–H groups in total. The van der Waals surface area contributed by atoms with E-state index >= 15 is 0 Å². The van der Waals surface area contributed by atoms with Gasteiger partial charge in [-0.15, -0.1) is 0 Å². The molecule has 2 saturated carbocycles. The highest BCUT2D eigenvalue weighted by atomic mass is 19.1. The van der Waals surface area contributed by atoms with Crippen LogP contribution in [-0.2, 0) is 13.6 Å². The van der Waals surface area contributed by atoms with E-state index < -0.39 is 5.82 Å². The number of carbonyl (C=O) groups excluding carboxylic acids is 1. The van der Waals surface area contributed by atoms with Crippen LogP contribution in [0.25, 0.3) is 33.6 Å². The van der Waals surface area contributed by atoms with E-state index in [2.05, 4.69) is 20.9 Å². The van der Waals surface area contributed by atoms with Crippen molar-refractivity contribution < 1.29 is 13.9 Å². The molecule has 2 bridgehead atoms. The Labute approximate surface area is 247 Å². The van der Waals surface area contributed by atoms with Crippen LogP contribution in [0.15, 0.2) is 48.8 Å². The highest BCUT2D eigenvalue weighted by molar-refractivity contribution is 6.00. The lowest BCUT2D eigenvalue weighted by molar-refractivity contribution is 0.0700. The summed E-state index contributed by atoms with van der Waals surface area (Å²) in [5.74, 6) is 2.39. The number of imidazole rings is 1. The lowest BCUT2D eigenvalue weighted by Gasteiger charge is -2.27. The third-order valence-electron chi connectivity index (χ3n) is 9.46. The van der Waals surface area contributed by atoms with Crippen LogP contribution < -0.4 is 15.8 Å². The molecule has 10 nitrogen and oxygen atoms in total. The molecule has 4 aromatic heterocycles. The van der Waals surface area contributed by atoms with Crippen LogP contribution in [0.5, 0.6) is 5.75 Å². The summed E-state index contributed by atoms with van der Waals surface area (Å²) >= 11 is 0. The number of hydrogen-bond acceptors (Lipinski definition) is 7. The van der Waals surface area contributed by atoms with Gasteiger partial charge in [0.05, 0.1) is 30.2 Å². The number of nitrogens with zero attached hydrogens (tertiary/aromatic N) is 6. The number of pyridine rings is 2. The molecule has 2 aliphatic carbocycles. The highest BCUT2D eigenvalue weighted by Crippen LogP contribution is 2.40. The first-order valence-corrected chi connectivity index (χ1v) is 14.9. The molecule has 43 heavy (non-hydrogen) atoms. The number of rotatable bonds is 7. The zero-order chi connectivity index (χ0) is 29.4. The van der Waals surface area contributed by atoms with Gasteiger partial charge in [0.1, 0.15) is 22.7 Å². The summed E-state index contributed by atoms with van der Waals surface area (Å²) in [6, 6.07) is 11.4. The molecule has 220 valence electrons. The first-order valence-electron chi connectivity index (χ1n) is 14.9. The SMILES string of the molecule is COc1cc(C(=O)N2C[C@H]3CC[C@@H]2[C@@H]3N)cc2nc(-c3cc4ccc(Nc5ccncc5F)nc4n3CC3CC3)n(C)c12. The van der Waals surface area contributed by atoms with Gasteiger partial charge in [-0.05, 0) is 73.9 Å². The Bertz CT molecular complexity index is 1910. The third-order valence-corrected chi connectivity index (χ3v) is 9.46. The Morgan fingerprint density at radius 3 is 2.72 bits per heavy atom. The summed E-state index contributed by atoms with van der Waals surface area (Å²) in [5.41, 5.74) is 10.5. The van der Waals surface area contributed by atoms with Gasteiger partial charge in [0.2, 0.25) is 0 Å². The summed E-state index contributed by atoms with van der Waals surface area (Å²) in [5, 5.41) is 4.05. The minimum atomic E-state index is -0.440. The van der Waals surface area contributed by atoms with Gasteiger partial charge in [-0.2, -0.15) is 0 Å². The number of methoxy groups -OCH3 is 1. The molecule has 11 heteroatoms. The number of fused-ring (bicyclic) bond motifs is 4. The highest BCUT2D eigenvalue weighted by Gasteiger charge is 2.47. The largest absolute Gasteiger partial charge is 0.494 e. The fraction of sp³-hybridized carbons (Fsp3) is 0.375. The average Bonchev–Trinajstić information content (AvgIpc) is 3.42. The van der Waals surface area contributed by atoms with Gasteiger partial charge in [-0.1, -0.05) is 0 Å². The molecule has 0 spiro atoms. The first kappa shape index (κ1) is 26.1. The third kappa shape index (κ3) is 4.24. The van der Waals surface area contributed by atoms with E-state index in [4.69, 9.17) is 20.4 Å². The summed E-state index contributed by atoms with van der Waals surface area (Å²) in [4.78, 5) is 29.4. The quantitative estimate of drug-likeness (QED) is 0.283. The van der Waals surface area contributed by atoms with Crippen LogP contribution >= 0.6 is 0 Å². The van der Waals surface area contributed by atoms with Crippen LogP contribution in [0, 0.1) is 17.7 Å². The average molecular weight is 581 g/mol. The smallest absolute Gasteiger partial charge is 0.254 e. The zero-order valence-corrected chi connectivity index (χ0v) is 24.1. The fourth-order valence-electron chi connectivity index (χ4n) is 7.01. The topological polar surface area (TPSA) is 116 Å². The van der Waals surface area contributed by atoms with Gasteiger partial charge in [0.25, 0.3) is 5.91 Å². The molecule has 1 aromatic carbocycles. The lowest BCUT2D eigenvalue weighted by atomic mass is 10.1. The minimum Gasteiger partial charge on any atom is -0.494 e. The van der Waals surface area contributed by atoms with E-state index in [0.717, 1.165) is 47.5 Å². The Balaban J connectivity index is 1.21. The Kier molecular flexibility index (Phi) is 5.94. The second-order valence-electron chi connectivity index (χ2n) is 12.2. The lowest BCUT2D eigenvalue weighted by Crippen LogP contribution is -2.41. The molecule has 1 saturated heterocycles. The maximum Gasteiger partial charge on any atom is 0.254 e. The first-order chi connectivity index (χ1) is 20.9. The van der Waals surface area contributed by atoms with Gasteiger partial charge >= 0.3 is 0 Å². The summed E-state index contributed by atoms with van der Waals surface area (Å²) in [7, 11) is 3.59. The predicted molar refractivity (Wildman–Crippen MR) is 162 cm³/mol. The number of piperidine rings is 1. The van der Waals surface area contributed by atoms with Crippen molar-refractivity contribution in [2.24, 2.45) is 24.6 Å². The molecule has 0 radical (unpaired) electrons. The van der Waals surface area contributed by atoms with Crippen molar-refractivity contribution >= 4 is 39.5 Å². The number of nitrogens with two attached hydrogens (primary N) is 1. The molecule has 3 atom stereocenters. The molecule has 3 aliphatic rings. The van der Waals surface area contributed by atoms with Gasteiger partial charge in [0, 0.05) is 49.4 Å². The molecule has 5 aromatic rings. The monoisotopic (exact) mass is 580 g/mol. The number of nitrogens with one attached hydrogen (secondary N) is 1. The van der Waals surface area contributed by atoms with Crippen molar-refractivity contribution in [3.63, 3.8) is 0 Å². The Hall–Kier alpha value is -4.51. The van der Waals surface area contributed by atoms with Crippen LogP contribution in [0.2, 0.25) is 0 Å². The molecule has 0 unspecified atom stereocenters. The van der Waals surface area contributed by atoms with Crippen molar-refractivity contribution in [1.29, 1.82) is 0 Å². The summed E-state index contributed by atoms with van der Waals surface area (Å²) in [6.07, 6.45) is 7.10. The predicted octanol–water partition coefficient (Wildman–Crippen LogP) is 4.85. The minimum absolute atomic E-state index is 0.0206. The van der Waals surface area contributed by atoms with E-state index in [0.29, 0.717) is 46.7 Å². The second kappa shape index (κ2) is 9.77. The second-order valence-corrected chi connectivity index (χ2v) is 12.2. The van der Waals surface area contributed by atoms with Gasteiger partial charge in [0.15, 0.2) is 11.6 Å². The number of benzene rings is 1. The van der Waals surface area contributed by atoms with E-state index in [1.807, 2.05) is 40.8 Å². The molecule has 8 rings (SSSR count). The van der Waals surface area contributed by atoms with Gasteiger partial charge in [-0.3, -0.25) is 9.78 Å². The summed E-state index contributed by atoms with van der Waals surface area (Å²) in [6.45, 7) is 1.51. The number of aromatic nitrogens is 5. The van der Waals surface area contributed by atoms with Crippen molar-refractivity contribution in [2.45, 2.75) is 44.3 Å². The number of halogens is 1. The number of aryl methyl sites for hydroxylation is 1. The fourth-order valence-corrected chi connectivity index (χ4v) is 7.01. The van der Waals surface area contributed by atoms with E-state index in [9.17, 15) is 9.18 Å². The molecule has 3 fully saturated rings. The van der Waals surface area contributed by atoms with Crippen LogP contribution in [0.1, 0.15) is 36.0 Å². The van der Waals surface area contributed by atoms with Crippen LogP contribution in [0.4, 0.5) is 15.9 Å². The maximum atomic E-state index is 14.3. The van der Waals surface area contributed by atoms with Crippen molar-refractivity contribution in [2.75, 3.05) is 19.0 Å². The van der Waals surface area contributed by atoms with Crippen molar-refractivity contribution in [3.05, 3.63) is 60.2 Å². The van der Waals surface area contributed by atoms with E-state index in [1.54, 1.807) is 19.4 Å². The van der Waals surface area contributed by atoms with E-state index in [-0.39, 0.29) is 18.0 Å². The number of ether oxygens (including phenoxy) is 1. The maximum absolute atomic E-state index is 14.3. The van der Waals surface area contributed by atoms with Gasteiger partial charge in [-0.25, -0.2) is 14.4 Å². The standard InChI is InChI=1S/C32H33FN8O2/c1-39-29-23(11-20(13-26(29)43-2)32(42)41-16-19-5-7-24(41)28(19)34)37-31(39)25-12-18-6-8-27(36-22-9-10-35-14-21(22)33)38-30(18)40(25)15-17-3-4-17/h6,8-14,17,19,24,28H,3-5,7,15-16,34H2,1-2H3,(H,35,36,38)/t19-,24-,28-/m1/s1. The Morgan fingerprint density at radius 2 is 2.00 bits per heavy atom.